The first-order chi connectivity index (χ1) is 15.4. The van der Waals surface area contributed by atoms with Gasteiger partial charge in [0.25, 0.3) is 11.8 Å². The molecule has 168 valence electrons. The predicted octanol–water partition coefficient (Wildman–Crippen LogP) is 3.04. The zero-order valence-corrected chi connectivity index (χ0v) is 19.1. The molecule has 0 aromatic heterocycles. The fourth-order valence-electron chi connectivity index (χ4n) is 4.21. The van der Waals surface area contributed by atoms with Crippen LogP contribution in [0, 0.1) is 0 Å². The highest BCUT2D eigenvalue weighted by Gasteiger charge is 2.41. The van der Waals surface area contributed by atoms with E-state index in [1.165, 1.54) is 4.90 Å². The van der Waals surface area contributed by atoms with Gasteiger partial charge in [-0.2, -0.15) is 0 Å². The van der Waals surface area contributed by atoms with E-state index in [4.69, 9.17) is 4.74 Å². The Bertz CT molecular complexity index is 991. The predicted molar refractivity (Wildman–Crippen MR) is 125 cm³/mol. The van der Waals surface area contributed by atoms with Crippen LogP contribution in [0.25, 0.3) is 5.57 Å². The average molecular weight is 434 g/mol. The van der Waals surface area contributed by atoms with E-state index in [0.29, 0.717) is 24.2 Å². The van der Waals surface area contributed by atoms with Crippen molar-refractivity contribution in [3.05, 3.63) is 71.4 Å². The quantitative estimate of drug-likeness (QED) is 0.629. The standard InChI is InChI=1S/C26H31N3O3/c1-19(2)32-22-11-9-21(10-12-22)23-24(28-17-15-27(3)16-18-28)26(31)29(25(23)30)14-13-20-7-5-4-6-8-20/h4-12,19H,13-18H2,1-3H3. The molecule has 6 nitrogen and oxygen atoms in total. The number of carbonyl (C=O) groups excluding carboxylic acids is 2. The van der Waals surface area contributed by atoms with Crippen molar-refractivity contribution < 1.29 is 14.3 Å². The minimum atomic E-state index is -0.211. The SMILES string of the molecule is CC(C)Oc1ccc(C2=C(N3CCN(C)CC3)C(=O)N(CCc3ccccc3)C2=O)cc1. The summed E-state index contributed by atoms with van der Waals surface area (Å²) in [6.45, 7) is 7.52. The van der Waals surface area contributed by atoms with E-state index in [1.807, 2.05) is 68.4 Å². The van der Waals surface area contributed by atoms with E-state index < -0.39 is 0 Å². The third-order valence-electron chi connectivity index (χ3n) is 5.94. The molecule has 6 heteroatoms. The Hall–Kier alpha value is -3.12. The van der Waals surface area contributed by atoms with Crippen LogP contribution < -0.4 is 4.74 Å². The number of likely N-dealkylation sites (N-methyl/N-ethyl adjacent to an activating group) is 1. The van der Waals surface area contributed by atoms with E-state index >= 15 is 0 Å². The number of hydrogen-bond donors (Lipinski definition) is 0. The maximum atomic E-state index is 13.5. The van der Waals surface area contributed by atoms with Crippen LogP contribution in [-0.4, -0.2) is 72.4 Å². The molecule has 0 bridgehead atoms. The molecule has 0 atom stereocenters. The number of piperazine rings is 1. The van der Waals surface area contributed by atoms with Crippen molar-refractivity contribution in [2.75, 3.05) is 39.8 Å². The normalized spacial score (nSPS) is 17.6. The van der Waals surface area contributed by atoms with Crippen LogP contribution in [0.1, 0.15) is 25.0 Å². The zero-order valence-electron chi connectivity index (χ0n) is 19.1. The summed E-state index contributed by atoms with van der Waals surface area (Å²) in [5, 5.41) is 0. The second-order valence-electron chi connectivity index (χ2n) is 8.70. The third kappa shape index (κ3) is 4.70. The summed E-state index contributed by atoms with van der Waals surface area (Å²) in [5.41, 5.74) is 2.91. The van der Waals surface area contributed by atoms with Gasteiger partial charge < -0.3 is 14.5 Å². The van der Waals surface area contributed by atoms with Crippen LogP contribution >= 0.6 is 0 Å². The van der Waals surface area contributed by atoms with Gasteiger partial charge in [0.15, 0.2) is 0 Å². The molecule has 1 saturated heterocycles. The Morgan fingerprint density at radius 2 is 1.53 bits per heavy atom. The van der Waals surface area contributed by atoms with E-state index in [0.717, 1.165) is 43.1 Å². The van der Waals surface area contributed by atoms with E-state index in [1.54, 1.807) is 0 Å². The van der Waals surface area contributed by atoms with Crippen molar-refractivity contribution in [3.63, 3.8) is 0 Å². The Kier molecular flexibility index (Phi) is 6.61. The van der Waals surface area contributed by atoms with Gasteiger partial charge in [-0.05, 0) is 50.6 Å². The largest absolute Gasteiger partial charge is 0.491 e. The fourth-order valence-corrected chi connectivity index (χ4v) is 4.21. The Morgan fingerprint density at radius 1 is 0.875 bits per heavy atom. The Balaban J connectivity index is 1.63. The molecule has 0 spiro atoms. The van der Waals surface area contributed by atoms with Crippen LogP contribution in [0.15, 0.2) is 60.3 Å². The maximum absolute atomic E-state index is 13.5. The topological polar surface area (TPSA) is 53.1 Å². The lowest BCUT2D eigenvalue weighted by Crippen LogP contribution is -2.46. The summed E-state index contributed by atoms with van der Waals surface area (Å²) in [5.74, 6) is 0.355. The average Bonchev–Trinajstić information content (AvgIpc) is 3.03. The maximum Gasteiger partial charge on any atom is 0.277 e. The van der Waals surface area contributed by atoms with Crippen molar-refractivity contribution in [2.24, 2.45) is 0 Å². The van der Waals surface area contributed by atoms with Gasteiger partial charge in [0.05, 0.1) is 11.7 Å². The molecular weight excluding hydrogens is 402 g/mol. The summed E-state index contributed by atoms with van der Waals surface area (Å²) in [6.07, 6.45) is 0.715. The summed E-state index contributed by atoms with van der Waals surface area (Å²) < 4.78 is 5.75. The lowest BCUT2D eigenvalue weighted by atomic mass is 10.0. The van der Waals surface area contributed by atoms with Crippen molar-refractivity contribution in [1.82, 2.24) is 14.7 Å². The first-order valence-corrected chi connectivity index (χ1v) is 11.3. The van der Waals surface area contributed by atoms with Crippen LogP contribution in [0.4, 0.5) is 0 Å². The van der Waals surface area contributed by atoms with Gasteiger partial charge >= 0.3 is 0 Å². The monoisotopic (exact) mass is 433 g/mol. The second kappa shape index (κ2) is 9.57. The van der Waals surface area contributed by atoms with Gasteiger partial charge in [-0.25, -0.2) is 0 Å². The summed E-state index contributed by atoms with van der Waals surface area (Å²) in [7, 11) is 2.08. The minimum absolute atomic E-state index is 0.0733. The number of carbonyl (C=O) groups is 2. The number of imide groups is 1. The van der Waals surface area contributed by atoms with Crippen LogP contribution in [0.2, 0.25) is 0 Å². The van der Waals surface area contributed by atoms with Gasteiger partial charge in [0.2, 0.25) is 0 Å². The number of benzene rings is 2. The molecule has 2 aliphatic heterocycles. The smallest absolute Gasteiger partial charge is 0.277 e. The van der Waals surface area contributed by atoms with E-state index in [-0.39, 0.29) is 17.9 Å². The van der Waals surface area contributed by atoms with Gasteiger partial charge in [-0.1, -0.05) is 42.5 Å². The third-order valence-corrected chi connectivity index (χ3v) is 5.94. The first-order valence-electron chi connectivity index (χ1n) is 11.3. The summed E-state index contributed by atoms with van der Waals surface area (Å²) in [4.78, 5) is 32.7. The van der Waals surface area contributed by atoms with E-state index in [9.17, 15) is 9.59 Å². The molecule has 2 aromatic carbocycles. The highest BCUT2D eigenvalue weighted by molar-refractivity contribution is 6.35. The molecule has 32 heavy (non-hydrogen) atoms. The number of nitrogens with zero attached hydrogens (tertiary/aromatic N) is 3. The van der Waals surface area contributed by atoms with Crippen molar-refractivity contribution in [3.8, 4) is 5.75 Å². The molecule has 0 N–H and O–H groups in total. The molecule has 1 fully saturated rings. The van der Waals surface area contributed by atoms with E-state index in [2.05, 4.69) is 16.8 Å². The zero-order chi connectivity index (χ0) is 22.7. The summed E-state index contributed by atoms with van der Waals surface area (Å²) in [6, 6.07) is 17.5. The summed E-state index contributed by atoms with van der Waals surface area (Å²) >= 11 is 0. The molecule has 2 amide bonds. The number of hydrogen-bond acceptors (Lipinski definition) is 5. The number of ether oxygens (including phenoxy) is 1. The highest BCUT2D eigenvalue weighted by Crippen LogP contribution is 2.33. The number of amides is 2. The molecule has 0 unspecified atom stereocenters. The molecule has 4 rings (SSSR count). The first kappa shape index (κ1) is 22.1. The van der Waals surface area contributed by atoms with Crippen molar-refractivity contribution in [1.29, 1.82) is 0 Å². The molecule has 2 aliphatic rings. The van der Waals surface area contributed by atoms with Gasteiger partial charge in [-0.3, -0.25) is 14.5 Å². The van der Waals surface area contributed by atoms with Crippen molar-refractivity contribution >= 4 is 17.4 Å². The van der Waals surface area contributed by atoms with Gasteiger partial charge in [0, 0.05) is 32.7 Å². The van der Waals surface area contributed by atoms with Crippen LogP contribution in [0.3, 0.4) is 0 Å². The second-order valence-corrected chi connectivity index (χ2v) is 8.70. The molecule has 0 aliphatic carbocycles. The van der Waals surface area contributed by atoms with Gasteiger partial charge in [0.1, 0.15) is 11.4 Å². The molecule has 0 radical (unpaired) electrons. The minimum Gasteiger partial charge on any atom is -0.491 e. The Labute approximate surface area is 190 Å². The molecule has 2 aromatic rings. The highest BCUT2D eigenvalue weighted by atomic mass is 16.5. The van der Waals surface area contributed by atoms with Crippen molar-refractivity contribution in [2.45, 2.75) is 26.4 Å². The fraction of sp³-hybridized carbons (Fsp3) is 0.385. The van der Waals surface area contributed by atoms with Crippen LogP contribution in [0.5, 0.6) is 5.75 Å². The number of rotatable bonds is 7. The van der Waals surface area contributed by atoms with Crippen LogP contribution in [-0.2, 0) is 16.0 Å². The van der Waals surface area contributed by atoms with Gasteiger partial charge in [-0.15, -0.1) is 0 Å². The Morgan fingerprint density at radius 3 is 2.16 bits per heavy atom. The molecule has 2 heterocycles. The lowest BCUT2D eigenvalue weighted by Gasteiger charge is -2.34. The molecular formula is C26H31N3O3. The lowest BCUT2D eigenvalue weighted by molar-refractivity contribution is -0.137. The molecule has 0 saturated carbocycles.